The van der Waals surface area contributed by atoms with E-state index in [9.17, 15) is 22.8 Å². The van der Waals surface area contributed by atoms with Crippen LogP contribution in [-0.2, 0) is 20.4 Å². The van der Waals surface area contributed by atoms with Crippen molar-refractivity contribution in [3.05, 3.63) is 30.0 Å². The van der Waals surface area contributed by atoms with Crippen molar-refractivity contribution in [1.82, 2.24) is 4.98 Å². The van der Waals surface area contributed by atoms with Gasteiger partial charge in [0.2, 0.25) is 0 Å². The minimum atomic E-state index is -4.83. The number of carbonyl (C=O) groups excluding carboxylic acids is 2. The molecule has 0 bridgehead atoms. The molecule has 25 heavy (non-hydrogen) atoms. The highest BCUT2D eigenvalue weighted by molar-refractivity contribution is 5.98. The first-order chi connectivity index (χ1) is 11.7. The molecule has 0 spiro atoms. The maximum Gasteiger partial charge on any atom is 0.420 e. The lowest BCUT2D eigenvalue weighted by Gasteiger charge is -2.35. The molecule has 2 N–H and O–H groups in total. The Morgan fingerprint density at radius 1 is 1.60 bits per heavy atom. The van der Waals surface area contributed by atoms with E-state index in [4.69, 9.17) is 10.5 Å². The van der Waals surface area contributed by atoms with Gasteiger partial charge >= 0.3 is 12.1 Å². The average molecular weight is 359 g/mol. The Morgan fingerprint density at radius 2 is 2.28 bits per heavy atom. The maximum absolute atomic E-state index is 13.4. The van der Waals surface area contributed by atoms with Gasteiger partial charge in [-0.15, -0.1) is 6.58 Å². The van der Waals surface area contributed by atoms with Crippen LogP contribution in [0.25, 0.3) is 0 Å². The number of methoxy groups -OCH3 is 1. The predicted molar refractivity (Wildman–Crippen MR) is 81.9 cm³/mol. The standard InChI is InChI=1S/C15H16F3N3O4/c1-3-4-8-6-25-7-11(22)21(8)13-9(15(16,17)18)5-10(19)12(20-13)14(23)24-2/h3,5,8H,1,4,6-7,19H2,2H3/t8-/m1/s1. The van der Waals surface area contributed by atoms with E-state index in [0.29, 0.717) is 6.07 Å². The lowest BCUT2D eigenvalue weighted by Crippen LogP contribution is -2.50. The highest BCUT2D eigenvalue weighted by Crippen LogP contribution is 2.39. The van der Waals surface area contributed by atoms with Gasteiger partial charge in [0.1, 0.15) is 18.0 Å². The summed E-state index contributed by atoms with van der Waals surface area (Å²) in [7, 11) is 1.04. The van der Waals surface area contributed by atoms with Crippen LogP contribution >= 0.6 is 0 Å². The lowest BCUT2D eigenvalue weighted by molar-refractivity contribution is -0.137. The second-order valence-electron chi connectivity index (χ2n) is 5.24. The third kappa shape index (κ3) is 3.73. The van der Waals surface area contributed by atoms with Crippen molar-refractivity contribution in [2.45, 2.75) is 18.6 Å². The van der Waals surface area contributed by atoms with Crippen molar-refractivity contribution in [3.8, 4) is 0 Å². The molecule has 0 saturated carbocycles. The number of halogens is 3. The number of morpholine rings is 1. The van der Waals surface area contributed by atoms with Crippen LogP contribution in [0.15, 0.2) is 18.7 Å². The summed E-state index contributed by atoms with van der Waals surface area (Å²) in [6.07, 6.45) is -3.20. The normalized spacial score (nSPS) is 18.2. The van der Waals surface area contributed by atoms with Crippen LogP contribution in [0.2, 0.25) is 0 Å². The fraction of sp³-hybridized carbons (Fsp3) is 0.400. The van der Waals surface area contributed by atoms with Crippen LogP contribution in [0.5, 0.6) is 0 Å². The average Bonchev–Trinajstić information content (AvgIpc) is 2.54. The zero-order chi connectivity index (χ0) is 18.8. The Bertz CT molecular complexity index is 706. The van der Waals surface area contributed by atoms with E-state index in [-0.39, 0.29) is 13.0 Å². The number of rotatable bonds is 4. The molecule has 1 atom stereocenters. The molecule has 1 aromatic rings. The van der Waals surface area contributed by atoms with E-state index in [0.717, 1.165) is 12.0 Å². The van der Waals surface area contributed by atoms with Crippen molar-refractivity contribution >= 4 is 23.4 Å². The molecule has 1 aliphatic heterocycles. The van der Waals surface area contributed by atoms with Crippen LogP contribution in [0.3, 0.4) is 0 Å². The number of nitrogens with zero attached hydrogens (tertiary/aromatic N) is 2. The number of ether oxygens (including phenoxy) is 2. The summed E-state index contributed by atoms with van der Waals surface area (Å²) < 4.78 is 49.9. The van der Waals surface area contributed by atoms with Gasteiger partial charge in [-0.3, -0.25) is 9.69 Å². The zero-order valence-corrected chi connectivity index (χ0v) is 13.3. The zero-order valence-electron chi connectivity index (χ0n) is 13.3. The van der Waals surface area contributed by atoms with Crippen molar-refractivity contribution in [2.24, 2.45) is 0 Å². The summed E-state index contributed by atoms with van der Waals surface area (Å²) in [4.78, 5) is 28.5. The number of pyridine rings is 1. The Hall–Kier alpha value is -2.62. The molecule has 136 valence electrons. The first-order valence-electron chi connectivity index (χ1n) is 7.17. The number of esters is 1. The van der Waals surface area contributed by atoms with E-state index in [1.807, 2.05) is 0 Å². The maximum atomic E-state index is 13.4. The van der Waals surface area contributed by atoms with E-state index in [1.165, 1.54) is 6.08 Å². The van der Waals surface area contributed by atoms with Gasteiger partial charge in [0.15, 0.2) is 5.69 Å². The number of alkyl halides is 3. The SMILES string of the molecule is C=CC[C@@H]1COCC(=O)N1c1nc(C(=O)OC)c(N)cc1C(F)(F)F. The third-order valence-electron chi connectivity index (χ3n) is 3.55. The molecule has 10 heteroatoms. The summed E-state index contributed by atoms with van der Waals surface area (Å²) in [6, 6.07) is -0.163. The van der Waals surface area contributed by atoms with E-state index in [1.54, 1.807) is 0 Å². The number of aromatic nitrogens is 1. The summed E-state index contributed by atoms with van der Waals surface area (Å²) in [5.74, 6) is -2.42. The van der Waals surface area contributed by atoms with Crippen LogP contribution in [0, 0.1) is 0 Å². The Labute approximate surface area is 141 Å². The monoisotopic (exact) mass is 359 g/mol. The number of anilines is 2. The minimum Gasteiger partial charge on any atom is -0.464 e. The van der Waals surface area contributed by atoms with Gasteiger partial charge in [-0.2, -0.15) is 13.2 Å². The number of nitrogen functional groups attached to an aromatic ring is 1. The topological polar surface area (TPSA) is 94.8 Å². The summed E-state index contributed by atoms with van der Waals surface area (Å²) >= 11 is 0. The Balaban J connectivity index is 2.68. The first-order valence-corrected chi connectivity index (χ1v) is 7.17. The molecule has 1 aromatic heterocycles. The smallest absolute Gasteiger partial charge is 0.420 e. The second-order valence-corrected chi connectivity index (χ2v) is 5.24. The van der Waals surface area contributed by atoms with Gasteiger partial charge in [-0.1, -0.05) is 6.08 Å². The number of carbonyl (C=O) groups is 2. The minimum absolute atomic E-state index is 0.00860. The second kappa shape index (κ2) is 7.09. The molecule has 1 fully saturated rings. The third-order valence-corrected chi connectivity index (χ3v) is 3.55. The number of nitrogens with two attached hydrogens (primary N) is 1. The lowest BCUT2D eigenvalue weighted by atomic mass is 10.1. The largest absolute Gasteiger partial charge is 0.464 e. The molecule has 1 saturated heterocycles. The van der Waals surface area contributed by atoms with Crippen LogP contribution in [-0.4, -0.2) is 43.2 Å². The van der Waals surface area contributed by atoms with E-state index >= 15 is 0 Å². The van der Waals surface area contributed by atoms with Crippen LogP contribution < -0.4 is 10.6 Å². The highest BCUT2D eigenvalue weighted by Gasteiger charge is 2.41. The van der Waals surface area contributed by atoms with Crippen molar-refractivity contribution < 1.29 is 32.2 Å². The van der Waals surface area contributed by atoms with E-state index < -0.39 is 53.5 Å². The van der Waals surface area contributed by atoms with Gasteiger partial charge in [0, 0.05) is 0 Å². The molecular weight excluding hydrogens is 343 g/mol. The van der Waals surface area contributed by atoms with Gasteiger partial charge in [-0.25, -0.2) is 9.78 Å². The quantitative estimate of drug-likeness (QED) is 0.650. The number of amides is 1. The van der Waals surface area contributed by atoms with Gasteiger partial charge in [0.25, 0.3) is 5.91 Å². The summed E-state index contributed by atoms with van der Waals surface area (Å²) in [5.41, 5.74) is 3.30. The van der Waals surface area contributed by atoms with Crippen LogP contribution in [0.1, 0.15) is 22.5 Å². The molecule has 0 radical (unpaired) electrons. The fourth-order valence-corrected chi connectivity index (χ4v) is 2.46. The summed E-state index contributed by atoms with van der Waals surface area (Å²) in [5, 5.41) is 0. The predicted octanol–water partition coefficient (Wildman–Crippen LogP) is 1.78. The Kier molecular flexibility index (Phi) is 5.31. The molecule has 1 amide bonds. The Morgan fingerprint density at radius 3 is 2.84 bits per heavy atom. The molecule has 2 rings (SSSR count). The molecule has 0 aliphatic carbocycles. The fourth-order valence-electron chi connectivity index (χ4n) is 2.46. The highest BCUT2D eigenvalue weighted by atomic mass is 19.4. The van der Waals surface area contributed by atoms with Gasteiger partial charge in [-0.05, 0) is 12.5 Å². The van der Waals surface area contributed by atoms with Gasteiger partial charge < -0.3 is 15.2 Å². The van der Waals surface area contributed by atoms with E-state index in [2.05, 4.69) is 16.3 Å². The molecule has 7 nitrogen and oxygen atoms in total. The number of hydrogen-bond acceptors (Lipinski definition) is 6. The van der Waals surface area contributed by atoms with Crippen LogP contribution in [0.4, 0.5) is 24.7 Å². The first kappa shape index (κ1) is 18.7. The van der Waals surface area contributed by atoms with Gasteiger partial charge in [0.05, 0.1) is 25.4 Å². The van der Waals surface area contributed by atoms with Crippen molar-refractivity contribution in [1.29, 1.82) is 0 Å². The summed E-state index contributed by atoms with van der Waals surface area (Å²) in [6.45, 7) is 3.13. The number of hydrogen-bond donors (Lipinski definition) is 1. The van der Waals surface area contributed by atoms with Crippen molar-refractivity contribution in [3.63, 3.8) is 0 Å². The molecule has 2 heterocycles. The molecule has 0 unspecified atom stereocenters. The molecule has 0 aromatic carbocycles. The molecular formula is C15H16F3N3O4. The van der Waals surface area contributed by atoms with Crippen molar-refractivity contribution in [2.75, 3.05) is 31.0 Å². The molecule has 1 aliphatic rings.